The van der Waals surface area contributed by atoms with Crippen LogP contribution < -0.4 is 16.0 Å². The van der Waals surface area contributed by atoms with Gasteiger partial charge in [-0.15, -0.1) is 0 Å². The molecule has 2 aromatic rings. The van der Waals surface area contributed by atoms with E-state index in [1.54, 1.807) is 43.4 Å². The van der Waals surface area contributed by atoms with Crippen molar-refractivity contribution in [2.24, 2.45) is 0 Å². The highest BCUT2D eigenvalue weighted by atomic mass is 16.2. The van der Waals surface area contributed by atoms with Gasteiger partial charge >= 0.3 is 6.03 Å². The third-order valence-corrected chi connectivity index (χ3v) is 2.92. The zero-order valence-electron chi connectivity index (χ0n) is 11.9. The second kappa shape index (κ2) is 6.56. The van der Waals surface area contributed by atoms with Crippen molar-refractivity contribution in [2.75, 3.05) is 17.7 Å². The molecule has 108 valence electrons. The average molecular weight is 283 g/mol. The summed E-state index contributed by atoms with van der Waals surface area (Å²) in [6, 6.07) is 14.0. The predicted molar refractivity (Wildman–Crippen MR) is 83.7 cm³/mol. The van der Waals surface area contributed by atoms with E-state index in [1.165, 1.54) is 0 Å². The lowest BCUT2D eigenvalue weighted by atomic mass is 10.1. The van der Waals surface area contributed by atoms with E-state index >= 15 is 0 Å². The van der Waals surface area contributed by atoms with E-state index in [-0.39, 0.29) is 11.9 Å². The fraction of sp³-hybridized carbons (Fsp3) is 0.125. The van der Waals surface area contributed by atoms with E-state index in [0.717, 1.165) is 5.56 Å². The van der Waals surface area contributed by atoms with Crippen LogP contribution in [0.2, 0.25) is 0 Å². The Kier molecular flexibility index (Phi) is 4.56. The minimum Gasteiger partial charge on any atom is -0.341 e. The number of rotatable bonds is 3. The molecule has 2 rings (SSSR count). The molecular formula is C16H17N3O2. The summed E-state index contributed by atoms with van der Waals surface area (Å²) < 4.78 is 0. The smallest absolute Gasteiger partial charge is 0.318 e. The van der Waals surface area contributed by atoms with Gasteiger partial charge in [-0.25, -0.2) is 4.79 Å². The molecule has 0 aliphatic carbocycles. The molecule has 0 saturated carbocycles. The fourth-order valence-electron chi connectivity index (χ4n) is 1.78. The normalized spacial score (nSPS) is 9.81. The highest BCUT2D eigenvalue weighted by molar-refractivity contribution is 6.04. The lowest BCUT2D eigenvalue weighted by Crippen LogP contribution is -2.24. The summed E-state index contributed by atoms with van der Waals surface area (Å²) >= 11 is 0. The molecular weight excluding hydrogens is 266 g/mol. The Morgan fingerprint density at radius 2 is 1.52 bits per heavy atom. The summed E-state index contributed by atoms with van der Waals surface area (Å²) in [5.74, 6) is -0.188. The maximum atomic E-state index is 12.1. The third-order valence-electron chi connectivity index (χ3n) is 2.92. The number of benzene rings is 2. The molecule has 0 aliphatic rings. The van der Waals surface area contributed by atoms with Crippen LogP contribution in [-0.4, -0.2) is 19.0 Å². The first-order valence-electron chi connectivity index (χ1n) is 6.55. The number of hydrogen-bond acceptors (Lipinski definition) is 2. The molecule has 2 aromatic carbocycles. The lowest BCUT2D eigenvalue weighted by molar-refractivity contribution is 0.102. The van der Waals surface area contributed by atoms with Gasteiger partial charge in [0.15, 0.2) is 0 Å². The van der Waals surface area contributed by atoms with Gasteiger partial charge in [0, 0.05) is 24.0 Å². The first-order valence-corrected chi connectivity index (χ1v) is 6.55. The number of carbonyl (C=O) groups is 2. The average Bonchev–Trinajstić information content (AvgIpc) is 2.48. The van der Waals surface area contributed by atoms with Crippen molar-refractivity contribution in [3.05, 3.63) is 59.7 Å². The van der Waals surface area contributed by atoms with Crippen LogP contribution in [0.3, 0.4) is 0 Å². The largest absolute Gasteiger partial charge is 0.341 e. The Morgan fingerprint density at radius 1 is 0.905 bits per heavy atom. The molecule has 3 amide bonds. The molecule has 5 nitrogen and oxygen atoms in total. The number of amides is 3. The molecule has 5 heteroatoms. The van der Waals surface area contributed by atoms with E-state index in [2.05, 4.69) is 16.0 Å². The Hall–Kier alpha value is -2.82. The van der Waals surface area contributed by atoms with Crippen LogP contribution in [0.1, 0.15) is 15.9 Å². The van der Waals surface area contributed by atoms with Crippen LogP contribution in [0.25, 0.3) is 0 Å². The summed E-state index contributed by atoms with van der Waals surface area (Å²) in [4.78, 5) is 23.4. The Bertz CT molecular complexity index is 651. The minimum absolute atomic E-state index is 0.188. The van der Waals surface area contributed by atoms with Crippen molar-refractivity contribution in [3.8, 4) is 0 Å². The van der Waals surface area contributed by atoms with Crippen LogP contribution in [0.4, 0.5) is 16.2 Å². The number of urea groups is 1. The maximum absolute atomic E-state index is 12.1. The zero-order chi connectivity index (χ0) is 15.2. The summed E-state index contributed by atoms with van der Waals surface area (Å²) in [7, 11) is 1.54. The van der Waals surface area contributed by atoms with E-state index in [0.29, 0.717) is 16.9 Å². The molecule has 0 atom stereocenters. The van der Waals surface area contributed by atoms with Crippen molar-refractivity contribution in [2.45, 2.75) is 6.92 Å². The second-order valence-corrected chi connectivity index (χ2v) is 4.61. The molecule has 0 heterocycles. The Morgan fingerprint density at radius 3 is 2.14 bits per heavy atom. The van der Waals surface area contributed by atoms with Crippen LogP contribution in [0.15, 0.2) is 48.5 Å². The van der Waals surface area contributed by atoms with Crippen molar-refractivity contribution in [1.29, 1.82) is 0 Å². The summed E-state index contributed by atoms with van der Waals surface area (Å²) in [5.41, 5.74) is 2.92. The summed E-state index contributed by atoms with van der Waals surface area (Å²) in [6.45, 7) is 1.97. The number of anilines is 2. The van der Waals surface area contributed by atoms with Gasteiger partial charge in [-0.05, 0) is 37.3 Å². The number of aryl methyl sites for hydroxylation is 1. The number of carbonyl (C=O) groups excluding carboxylic acids is 2. The molecule has 0 saturated heterocycles. The van der Waals surface area contributed by atoms with Gasteiger partial charge < -0.3 is 16.0 Å². The number of hydrogen-bond donors (Lipinski definition) is 3. The molecule has 0 aliphatic heterocycles. The topological polar surface area (TPSA) is 70.2 Å². The highest BCUT2D eigenvalue weighted by Gasteiger charge is 2.06. The monoisotopic (exact) mass is 283 g/mol. The Labute approximate surface area is 123 Å². The third kappa shape index (κ3) is 4.07. The van der Waals surface area contributed by atoms with Gasteiger partial charge in [-0.3, -0.25) is 4.79 Å². The molecule has 0 aromatic heterocycles. The molecule has 3 N–H and O–H groups in total. The van der Waals surface area contributed by atoms with Gasteiger partial charge in [0.25, 0.3) is 5.91 Å². The SMILES string of the molecule is CNC(=O)Nc1cccc(NC(=O)c2ccc(C)cc2)c1. The molecule has 0 spiro atoms. The van der Waals surface area contributed by atoms with E-state index in [9.17, 15) is 9.59 Å². The van der Waals surface area contributed by atoms with Crippen LogP contribution in [-0.2, 0) is 0 Å². The van der Waals surface area contributed by atoms with E-state index < -0.39 is 0 Å². The quantitative estimate of drug-likeness (QED) is 0.810. The molecule has 0 bridgehead atoms. The zero-order valence-corrected chi connectivity index (χ0v) is 11.9. The first-order chi connectivity index (χ1) is 10.1. The maximum Gasteiger partial charge on any atom is 0.318 e. The lowest BCUT2D eigenvalue weighted by Gasteiger charge is -2.08. The Balaban J connectivity index is 2.08. The van der Waals surface area contributed by atoms with Crippen LogP contribution in [0, 0.1) is 6.92 Å². The van der Waals surface area contributed by atoms with Gasteiger partial charge in [0.05, 0.1) is 0 Å². The van der Waals surface area contributed by atoms with E-state index in [4.69, 9.17) is 0 Å². The minimum atomic E-state index is -0.308. The van der Waals surface area contributed by atoms with Crippen molar-refractivity contribution < 1.29 is 9.59 Å². The standard InChI is InChI=1S/C16H17N3O2/c1-11-6-8-12(9-7-11)15(20)18-13-4-3-5-14(10-13)19-16(21)17-2/h3-10H,1-2H3,(H,18,20)(H2,17,19,21). The molecule has 0 unspecified atom stereocenters. The fourth-order valence-corrected chi connectivity index (χ4v) is 1.78. The number of nitrogens with one attached hydrogen (secondary N) is 3. The summed E-state index contributed by atoms with van der Waals surface area (Å²) in [5, 5.41) is 7.92. The van der Waals surface area contributed by atoms with Crippen molar-refractivity contribution in [3.63, 3.8) is 0 Å². The van der Waals surface area contributed by atoms with Crippen LogP contribution in [0.5, 0.6) is 0 Å². The van der Waals surface area contributed by atoms with Crippen molar-refractivity contribution >= 4 is 23.3 Å². The van der Waals surface area contributed by atoms with Crippen molar-refractivity contribution in [1.82, 2.24) is 5.32 Å². The van der Waals surface area contributed by atoms with Gasteiger partial charge in [0.1, 0.15) is 0 Å². The highest BCUT2D eigenvalue weighted by Crippen LogP contribution is 2.16. The van der Waals surface area contributed by atoms with Crippen LogP contribution >= 0.6 is 0 Å². The molecule has 21 heavy (non-hydrogen) atoms. The summed E-state index contributed by atoms with van der Waals surface area (Å²) in [6.07, 6.45) is 0. The molecule has 0 radical (unpaired) electrons. The van der Waals surface area contributed by atoms with Gasteiger partial charge in [-0.2, -0.15) is 0 Å². The van der Waals surface area contributed by atoms with Gasteiger partial charge in [0.2, 0.25) is 0 Å². The first kappa shape index (κ1) is 14.6. The molecule has 0 fully saturated rings. The second-order valence-electron chi connectivity index (χ2n) is 4.61. The predicted octanol–water partition coefficient (Wildman–Crippen LogP) is 3.00. The van der Waals surface area contributed by atoms with Gasteiger partial charge in [-0.1, -0.05) is 23.8 Å². The van der Waals surface area contributed by atoms with E-state index in [1.807, 2.05) is 19.1 Å².